The van der Waals surface area contributed by atoms with Crippen LogP contribution in [0.15, 0.2) is 40.9 Å². The van der Waals surface area contributed by atoms with Crippen LogP contribution >= 0.6 is 0 Å². The van der Waals surface area contributed by atoms with Gasteiger partial charge in [-0.25, -0.2) is 4.39 Å². The zero-order valence-corrected chi connectivity index (χ0v) is 24.8. The highest BCUT2D eigenvalue weighted by Gasteiger charge is 2.67. The molecule has 1 saturated carbocycles. The van der Waals surface area contributed by atoms with E-state index in [4.69, 9.17) is 9.26 Å². The number of fused-ring (bicyclic) bond motifs is 4. The summed E-state index contributed by atoms with van der Waals surface area (Å²) in [4.78, 5) is 58.7. The number of nitrogens with zero attached hydrogens (tertiary/aromatic N) is 3. The molecular formula is C33H32FN3O8. The minimum absolute atomic E-state index is 0.0236. The Hall–Kier alpha value is -4.42. The first kappa shape index (κ1) is 29.3. The quantitative estimate of drug-likeness (QED) is 0.409. The highest BCUT2D eigenvalue weighted by molar-refractivity contribution is 6.27. The molecule has 0 spiro atoms. The van der Waals surface area contributed by atoms with Gasteiger partial charge in [0.05, 0.1) is 17.5 Å². The molecule has 1 unspecified atom stereocenters. The van der Waals surface area contributed by atoms with E-state index >= 15 is 4.39 Å². The minimum atomic E-state index is -2.63. The summed E-state index contributed by atoms with van der Waals surface area (Å²) >= 11 is 0. The molecule has 1 amide bonds. The SMILES string of the molecule is CN(C)[C@@H]1c2onc(OCc3ccccc3)c2C(=O)[C@@]2(O)C(=O)C3C(=O)c4c(cc(F)c(C(=O)N5CCCC5)c4O)C[C@H]3C[C@@H]12. The topological polar surface area (TPSA) is 150 Å². The molecule has 0 bridgehead atoms. The Morgan fingerprint density at radius 2 is 1.87 bits per heavy atom. The number of hydrogen-bond donors (Lipinski definition) is 2. The summed E-state index contributed by atoms with van der Waals surface area (Å²) < 4.78 is 26.8. The molecular weight excluding hydrogens is 585 g/mol. The van der Waals surface area contributed by atoms with Crippen LogP contribution in [0.25, 0.3) is 0 Å². The number of phenols is 1. The number of carbonyl (C=O) groups excluding carboxylic acids is 4. The van der Waals surface area contributed by atoms with Crippen LogP contribution in [0.2, 0.25) is 0 Å². The van der Waals surface area contributed by atoms with E-state index in [2.05, 4.69) is 5.16 Å². The number of likely N-dealkylation sites (tertiary alicyclic amines) is 1. The number of halogens is 1. The number of carbonyl (C=O) groups is 4. The number of rotatable bonds is 5. The van der Waals surface area contributed by atoms with Gasteiger partial charge in [0, 0.05) is 19.0 Å². The number of ketones is 3. The third kappa shape index (κ3) is 4.26. The summed E-state index contributed by atoms with van der Waals surface area (Å²) in [6.45, 7) is 0.846. The molecule has 5 atom stereocenters. The highest BCUT2D eigenvalue weighted by atomic mass is 19.1. The number of phenolic OH excluding ortho intramolecular Hbond substituents is 1. The predicted octanol–water partition coefficient (Wildman–Crippen LogP) is 3.12. The van der Waals surface area contributed by atoms with Gasteiger partial charge < -0.3 is 24.4 Å². The molecule has 4 aliphatic rings. The van der Waals surface area contributed by atoms with E-state index in [0.29, 0.717) is 13.1 Å². The zero-order chi connectivity index (χ0) is 31.8. The lowest BCUT2D eigenvalue weighted by Crippen LogP contribution is -2.66. The standard InChI is InChI=1S/C33H32FN3O8/c1-36(2)25-19-13-17-12-18-14-20(34)23(32(42)37-10-6-7-11-37)27(39)21(18)26(38)22(17)29(40)33(19,43)30(41)24-28(25)45-35-31(24)44-15-16-8-4-3-5-9-16/h3-5,8-9,14,17,19,22,25,39,43H,6-7,10-13,15H2,1-2H3/t17-,19-,22?,25-,33-/m0/s1. The summed E-state index contributed by atoms with van der Waals surface area (Å²) in [7, 11) is 3.42. The third-order valence-corrected chi connectivity index (χ3v) is 9.86. The largest absolute Gasteiger partial charge is 0.506 e. The Morgan fingerprint density at radius 1 is 1.16 bits per heavy atom. The van der Waals surface area contributed by atoms with Crippen LogP contribution in [0.3, 0.4) is 0 Å². The molecule has 12 heteroatoms. The maximum Gasteiger partial charge on any atom is 0.265 e. The average Bonchev–Trinajstić information content (AvgIpc) is 3.69. The Morgan fingerprint density at radius 3 is 2.56 bits per heavy atom. The molecule has 3 aromatic rings. The molecule has 2 aromatic carbocycles. The van der Waals surface area contributed by atoms with Crippen LogP contribution < -0.4 is 4.74 Å². The number of ether oxygens (including phenoxy) is 1. The normalized spacial score (nSPS) is 27.2. The second kappa shape index (κ2) is 10.6. The first-order valence-electron chi connectivity index (χ1n) is 15.1. The summed E-state index contributed by atoms with van der Waals surface area (Å²) in [6.07, 6.45) is 1.55. The van der Waals surface area contributed by atoms with Gasteiger partial charge in [-0.05, 0) is 68.0 Å². The van der Waals surface area contributed by atoms with Crippen LogP contribution in [-0.4, -0.2) is 81.2 Å². The van der Waals surface area contributed by atoms with E-state index in [1.54, 1.807) is 19.0 Å². The fourth-order valence-corrected chi connectivity index (χ4v) is 7.77. The molecule has 0 radical (unpaired) electrons. The molecule has 234 valence electrons. The molecule has 1 saturated heterocycles. The lowest BCUT2D eigenvalue weighted by molar-refractivity contribution is -0.153. The van der Waals surface area contributed by atoms with Gasteiger partial charge in [-0.15, -0.1) is 0 Å². The smallest absolute Gasteiger partial charge is 0.265 e. The Balaban J connectivity index is 1.27. The van der Waals surface area contributed by atoms with Crippen LogP contribution in [0.5, 0.6) is 11.6 Å². The van der Waals surface area contributed by atoms with Crippen molar-refractivity contribution in [2.24, 2.45) is 17.8 Å². The monoisotopic (exact) mass is 617 g/mol. The van der Waals surface area contributed by atoms with Gasteiger partial charge in [-0.2, -0.15) is 0 Å². The van der Waals surface area contributed by atoms with Crippen LogP contribution in [0.1, 0.15) is 73.3 Å². The maximum atomic E-state index is 15.3. The van der Waals surface area contributed by atoms with Crippen molar-refractivity contribution in [1.82, 2.24) is 15.0 Å². The second-order valence-corrected chi connectivity index (χ2v) is 12.6. The Kier molecular flexibility index (Phi) is 6.90. The van der Waals surface area contributed by atoms with Crippen LogP contribution in [0, 0.1) is 23.6 Å². The number of aromatic hydroxyl groups is 1. The third-order valence-electron chi connectivity index (χ3n) is 9.86. The second-order valence-electron chi connectivity index (χ2n) is 12.6. The van der Waals surface area contributed by atoms with Gasteiger partial charge in [-0.1, -0.05) is 30.3 Å². The van der Waals surface area contributed by atoms with Crippen LogP contribution in [-0.2, 0) is 17.8 Å². The van der Waals surface area contributed by atoms with Crippen molar-refractivity contribution in [3.05, 3.63) is 75.8 Å². The molecule has 1 aromatic heterocycles. The molecule has 1 aliphatic heterocycles. The molecule has 7 rings (SSSR count). The van der Waals surface area contributed by atoms with Gasteiger partial charge in [0.15, 0.2) is 22.9 Å². The average molecular weight is 618 g/mol. The van der Waals surface area contributed by atoms with E-state index in [1.165, 1.54) is 4.90 Å². The first-order valence-corrected chi connectivity index (χ1v) is 15.1. The number of aliphatic hydroxyl groups is 1. The molecule has 2 fully saturated rings. The van der Waals surface area contributed by atoms with Gasteiger partial charge >= 0.3 is 0 Å². The zero-order valence-electron chi connectivity index (χ0n) is 24.8. The van der Waals surface area contributed by atoms with Crippen LogP contribution in [0.4, 0.5) is 4.39 Å². The number of hydrogen-bond acceptors (Lipinski definition) is 10. The highest BCUT2D eigenvalue weighted by Crippen LogP contribution is 2.55. The Bertz CT molecular complexity index is 1750. The fourth-order valence-electron chi connectivity index (χ4n) is 7.77. The lowest BCUT2D eigenvalue weighted by atomic mass is 9.54. The molecule has 11 nitrogen and oxygen atoms in total. The lowest BCUT2D eigenvalue weighted by Gasteiger charge is -2.50. The molecule has 2 heterocycles. The van der Waals surface area contributed by atoms with Crippen molar-refractivity contribution >= 4 is 23.3 Å². The van der Waals surface area contributed by atoms with Crippen molar-refractivity contribution in [1.29, 1.82) is 0 Å². The summed E-state index contributed by atoms with van der Waals surface area (Å²) in [5, 5.41) is 27.3. The van der Waals surface area contributed by atoms with Crippen molar-refractivity contribution in [2.45, 2.75) is 43.9 Å². The van der Waals surface area contributed by atoms with E-state index in [9.17, 15) is 29.4 Å². The first-order chi connectivity index (χ1) is 21.5. The van der Waals surface area contributed by atoms with Gasteiger partial charge in [-0.3, -0.25) is 24.1 Å². The van der Waals surface area contributed by atoms with Gasteiger partial charge in [0.1, 0.15) is 29.3 Å². The number of aromatic nitrogens is 1. The van der Waals surface area contributed by atoms with Gasteiger partial charge in [0.25, 0.3) is 11.8 Å². The molecule has 2 N–H and O–H groups in total. The number of benzene rings is 2. The van der Waals surface area contributed by atoms with Crippen molar-refractivity contribution in [3.63, 3.8) is 0 Å². The van der Waals surface area contributed by atoms with Crippen molar-refractivity contribution in [3.8, 4) is 11.6 Å². The molecule has 45 heavy (non-hydrogen) atoms. The van der Waals surface area contributed by atoms with E-state index < -0.39 is 69.8 Å². The Labute approximate surface area is 257 Å². The summed E-state index contributed by atoms with van der Waals surface area (Å²) in [5.41, 5.74) is -2.76. The fraction of sp³-hybridized carbons (Fsp3) is 0.424. The van der Waals surface area contributed by atoms with E-state index in [1.807, 2.05) is 30.3 Å². The van der Waals surface area contributed by atoms with E-state index in [0.717, 1.165) is 24.5 Å². The summed E-state index contributed by atoms with van der Waals surface area (Å²) in [5.74, 6) is -8.55. The van der Waals surface area contributed by atoms with E-state index in [-0.39, 0.29) is 47.8 Å². The van der Waals surface area contributed by atoms with Crippen molar-refractivity contribution < 1.29 is 43.0 Å². The minimum Gasteiger partial charge on any atom is -0.506 e. The van der Waals surface area contributed by atoms with Gasteiger partial charge in [0.2, 0.25) is 5.78 Å². The molecule has 3 aliphatic carbocycles. The number of amides is 1. The predicted molar refractivity (Wildman–Crippen MR) is 154 cm³/mol. The van der Waals surface area contributed by atoms with Crippen molar-refractivity contribution in [2.75, 3.05) is 27.2 Å². The summed E-state index contributed by atoms with van der Waals surface area (Å²) in [6, 6.07) is 9.44. The number of Topliss-reactive ketones (excluding diaryl/α,β-unsaturated/α-hetero) is 3. The maximum absolute atomic E-state index is 15.3.